The van der Waals surface area contributed by atoms with Crippen molar-refractivity contribution in [3.8, 4) is 11.5 Å². The Morgan fingerprint density at radius 2 is 1.90 bits per heavy atom. The molecule has 0 aliphatic rings. The SMILES string of the molecule is CCC(N)Cc1ccccc1Oc1cc(Br)cc(F)c1F. The summed E-state index contributed by atoms with van der Waals surface area (Å²) in [5.74, 6) is -1.63. The quantitative estimate of drug-likeness (QED) is 0.781. The fourth-order valence-electron chi connectivity index (χ4n) is 1.92. The molecular weight excluding hydrogens is 340 g/mol. The first kappa shape index (κ1) is 15.9. The van der Waals surface area contributed by atoms with Crippen LogP contribution in [0.2, 0.25) is 0 Å². The van der Waals surface area contributed by atoms with E-state index >= 15 is 0 Å². The lowest BCUT2D eigenvalue weighted by Gasteiger charge is -2.14. The van der Waals surface area contributed by atoms with Gasteiger partial charge >= 0.3 is 0 Å². The van der Waals surface area contributed by atoms with Gasteiger partial charge < -0.3 is 10.5 Å². The molecule has 0 aliphatic carbocycles. The molecule has 0 saturated carbocycles. The van der Waals surface area contributed by atoms with Gasteiger partial charge in [-0.15, -0.1) is 0 Å². The zero-order valence-corrected chi connectivity index (χ0v) is 13.2. The average molecular weight is 356 g/mol. The normalized spacial score (nSPS) is 12.2. The van der Waals surface area contributed by atoms with Gasteiger partial charge in [0.15, 0.2) is 11.6 Å². The summed E-state index contributed by atoms with van der Waals surface area (Å²) in [7, 11) is 0. The first-order chi connectivity index (χ1) is 10.0. The Morgan fingerprint density at radius 1 is 1.19 bits per heavy atom. The number of hydrogen-bond acceptors (Lipinski definition) is 2. The maximum atomic E-state index is 13.8. The van der Waals surface area contributed by atoms with Gasteiger partial charge in [0.2, 0.25) is 5.82 Å². The Labute approximate surface area is 131 Å². The summed E-state index contributed by atoms with van der Waals surface area (Å²) >= 11 is 3.12. The molecule has 0 amide bonds. The lowest BCUT2D eigenvalue weighted by atomic mass is 10.0. The van der Waals surface area contributed by atoms with E-state index in [-0.39, 0.29) is 11.8 Å². The first-order valence-corrected chi connectivity index (χ1v) is 7.46. The molecule has 1 unspecified atom stereocenters. The summed E-state index contributed by atoms with van der Waals surface area (Å²) in [5, 5.41) is 0. The summed E-state index contributed by atoms with van der Waals surface area (Å²) in [6.07, 6.45) is 1.44. The highest BCUT2D eigenvalue weighted by molar-refractivity contribution is 9.10. The number of hydrogen-bond donors (Lipinski definition) is 1. The Balaban J connectivity index is 2.32. The van der Waals surface area contributed by atoms with Crippen LogP contribution in [0.25, 0.3) is 0 Å². The van der Waals surface area contributed by atoms with E-state index in [1.165, 1.54) is 6.07 Å². The fourth-order valence-corrected chi connectivity index (χ4v) is 2.33. The van der Waals surface area contributed by atoms with Crippen LogP contribution in [0.3, 0.4) is 0 Å². The predicted octanol–water partition coefficient (Wildman–Crippen LogP) is 4.80. The van der Waals surface area contributed by atoms with Crippen molar-refractivity contribution in [2.75, 3.05) is 0 Å². The number of para-hydroxylation sites is 1. The number of benzene rings is 2. The van der Waals surface area contributed by atoms with Crippen LogP contribution in [0.5, 0.6) is 11.5 Å². The van der Waals surface area contributed by atoms with Crippen LogP contribution >= 0.6 is 15.9 Å². The fraction of sp³-hybridized carbons (Fsp3) is 0.250. The molecule has 0 aliphatic heterocycles. The van der Waals surface area contributed by atoms with E-state index in [0.29, 0.717) is 16.6 Å². The minimum absolute atomic E-state index is 0.00107. The van der Waals surface area contributed by atoms with Crippen LogP contribution in [0.4, 0.5) is 8.78 Å². The molecule has 0 spiro atoms. The second kappa shape index (κ2) is 7.00. The summed E-state index contributed by atoms with van der Waals surface area (Å²) in [6.45, 7) is 2.00. The summed E-state index contributed by atoms with van der Waals surface area (Å²) in [5.41, 5.74) is 6.82. The molecule has 2 aromatic rings. The second-order valence-electron chi connectivity index (χ2n) is 4.78. The molecule has 0 saturated heterocycles. The van der Waals surface area contributed by atoms with Crippen LogP contribution in [0, 0.1) is 11.6 Å². The molecule has 112 valence electrons. The number of ether oxygens (including phenoxy) is 1. The van der Waals surface area contributed by atoms with Crippen LogP contribution in [-0.2, 0) is 6.42 Å². The van der Waals surface area contributed by atoms with Crippen molar-refractivity contribution in [2.45, 2.75) is 25.8 Å². The number of nitrogens with two attached hydrogens (primary N) is 1. The smallest absolute Gasteiger partial charge is 0.201 e. The van der Waals surface area contributed by atoms with Crippen LogP contribution in [0.1, 0.15) is 18.9 Å². The molecular formula is C16H16BrF2NO. The number of halogens is 3. The monoisotopic (exact) mass is 355 g/mol. The third kappa shape index (κ3) is 4.02. The molecule has 0 heterocycles. The van der Waals surface area contributed by atoms with E-state index in [2.05, 4.69) is 15.9 Å². The molecule has 1 atom stereocenters. The van der Waals surface area contributed by atoms with Crippen molar-refractivity contribution in [1.82, 2.24) is 0 Å². The molecule has 2 aromatic carbocycles. The van der Waals surface area contributed by atoms with E-state index in [9.17, 15) is 8.78 Å². The average Bonchev–Trinajstić information content (AvgIpc) is 2.46. The lowest BCUT2D eigenvalue weighted by Crippen LogP contribution is -2.21. The van der Waals surface area contributed by atoms with Crippen molar-refractivity contribution in [3.05, 3.63) is 58.1 Å². The van der Waals surface area contributed by atoms with Gasteiger partial charge in [0.1, 0.15) is 5.75 Å². The molecule has 2 nitrogen and oxygen atoms in total. The van der Waals surface area contributed by atoms with E-state index in [1.807, 2.05) is 19.1 Å². The van der Waals surface area contributed by atoms with E-state index < -0.39 is 11.6 Å². The number of rotatable bonds is 5. The summed E-state index contributed by atoms with van der Waals surface area (Å²) < 4.78 is 33.1. The van der Waals surface area contributed by atoms with Gasteiger partial charge in [0, 0.05) is 10.5 Å². The van der Waals surface area contributed by atoms with Crippen LogP contribution in [0.15, 0.2) is 40.9 Å². The Bertz CT molecular complexity index is 634. The molecule has 21 heavy (non-hydrogen) atoms. The van der Waals surface area contributed by atoms with Gasteiger partial charge in [0.25, 0.3) is 0 Å². The summed E-state index contributed by atoms with van der Waals surface area (Å²) in [4.78, 5) is 0. The zero-order valence-electron chi connectivity index (χ0n) is 11.6. The minimum Gasteiger partial charge on any atom is -0.454 e. The minimum atomic E-state index is -1.01. The molecule has 0 radical (unpaired) electrons. The molecule has 0 bridgehead atoms. The zero-order chi connectivity index (χ0) is 15.4. The van der Waals surface area contributed by atoms with Gasteiger partial charge in [-0.25, -0.2) is 4.39 Å². The van der Waals surface area contributed by atoms with Crippen LogP contribution in [-0.4, -0.2) is 6.04 Å². The third-order valence-corrected chi connectivity index (χ3v) is 3.62. The van der Waals surface area contributed by atoms with Crippen molar-refractivity contribution >= 4 is 15.9 Å². The van der Waals surface area contributed by atoms with E-state index in [1.54, 1.807) is 12.1 Å². The lowest BCUT2D eigenvalue weighted by molar-refractivity contribution is 0.411. The van der Waals surface area contributed by atoms with Crippen molar-refractivity contribution in [1.29, 1.82) is 0 Å². The topological polar surface area (TPSA) is 35.2 Å². The van der Waals surface area contributed by atoms with E-state index in [0.717, 1.165) is 18.1 Å². The third-order valence-electron chi connectivity index (χ3n) is 3.16. The largest absolute Gasteiger partial charge is 0.454 e. The maximum Gasteiger partial charge on any atom is 0.201 e. The second-order valence-corrected chi connectivity index (χ2v) is 5.70. The molecule has 2 N–H and O–H groups in total. The standard InChI is InChI=1S/C16H16BrF2NO/c1-2-12(20)7-10-5-3-4-6-14(10)21-15-9-11(17)8-13(18)16(15)19/h3-6,8-9,12H,2,7,20H2,1H3. The van der Waals surface area contributed by atoms with Gasteiger partial charge in [-0.3, -0.25) is 0 Å². The molecule has 2 rings (SSSR count). The van der Waals surface area contributed by atoms with E-state index in [4.69, 9.17) is 10.5 Å². The van der Waals surface area contributed by atoms with Crippen molar-refractivity contribution in [2.24, 2.45) is 5.73 Å². The van der Waals surface area contributed by atoms with Crippen molar-refractivity contribution < 1.29 is 13.5 Å². The maximum absolute atomic E-state index is 13.8. The van der Waals surface area contributed by atoms with Gasteiger partial charge in [-0.05, 0) is 36.6 Å². The highest BCUT2D eigenvalue weighted by Gasteiger charge is 2.14. The predicted molar refractivity (Wildman–Crippen MR) is 82.5 cm³/mol. The van der Waals surface area contributed by atoms with Gasteiger partial charge in [0.05, 0.1) is 0 Å². The van der Waals surface area contributed by atoms with Gasteiger partial charge in [-0.1, -0.05) is 41.1 Å². The molecule has 0 aromatic heterocycles. The Morgan fingerprint density at radius 3 is 2.62 bits per heavy atom. The summed E-state index contributed by atoms with van der Waals surface area (Å²) in [6, 6.07) is 9.69. The van der Waals surface area contributed by atoms with Crippen LogP contribution < -0.4 is 10.5 Å². The highest BCUT2D eigenvalue weighted by Crippen LogP contribution is 2.31. The molecule has 5 heteroatoms. The molecule has 0 fully saturated rings. The Hall–Kier alpha value is -1.46. The first-order valence-electron chi connectivity index (χ1n) is 6.67. The Kier molecular flexibility index (Phi) is 5.31. The van der Waals surface area contributed by atoms with Crippen molar-refractivity contribution in [3.63, 3.8) is 0 Å². The van der Waals surface area contributed by atoms with Gasteiger partial charge in [-0.2, -0.15) is 4.39 Å². The highest BCUT2D eigenvalue weighted by atomic mass is 79.9.